The lowest BCUT2D eigenvalue weighted by molar-refractivity contribution is -0.155. The van der Waals surface area contributed by atoms with Crippen LogP contribution in [0.15, 0.2) is 0 Å². The number of hydrogen-bond donors (Lipinski definition) is 1. The van der Waals surface area contributed by atoms with E-state index in [0.29, 0.717) is 12.5 Å². The molecule has 2 unspecified atom stereocenters. The first-order chi connectivity index (χ1) is 6.27. The van der Waals surface area contributed by atoms with Gasteiger partial charge < -0.3 is 10.1 Å². The Kier molecular flexibility index (Phi) is 2.28. The Hall–Kier alpha value is -0.570. The molecule has 0 radical (unpaired) electrons. The van der Waals surface area contributed by atoms with Gasteiger partial charge in [-0.05, 0) is 38.6 Å². The van der Waals surface area contributed by atoms with Crippen molar-refractivity contribution in [2.75, 3.05) is 19.7 Å². The number of piperidine rings is 1. The Morgan fingerprint density at radius 1 is 1.69 bits per heavy atom. The average molecular weight is 183 g/mol. The third kappa shape index (κ3) is 1.46. The van der Waals surface area contributed by atoms with Crippen LogP contribution in [0, 0.1) is 11.3 Å². The predicted octanol–water partition coefficient (Wildman–Crippen LogP) is 0.939. The number of fused-ring (bicyclic) bond motifs is 2. The van der Waals surface area contributed by atoms with Crippen molar-refractivity contribution >= 4 is 5.97 Å². The van der Waals surface area contributed by atoms with Crippen LogP contribution in [0.2, 0.25) is 0 Å². The molecule has 3 heteroatoms. The second-order valence-electron chi connectivity index (χ2n) is 4.24. The first-order valence-electron chi connectivity index (χ1n) is 5.15. The SMILES string of the molecule is CCOC(=O)C12CCC(CNC1)C2. The van der Waals surface area contributed by atoms with E-state index >= 15 is 0 Å². The molecule has 13 heavy (non-hydrogen) atoms. The van der Waals surface area contributed by atoms with Crippen molar-refractivity contribution in [2.24, 2.45) is 11.3 Å². The molecule has 1 aliphatic heterocycles. The molecule has 0 spiro atoms. The van der Waals surface area contributed by atoms with Crippen molar-refractivity contribution in [1.82, 2.24) is 5.32 Å². The quantitative estimate of drug-likeness (QED) is 0.647. The van der Waals surface area contributed by atoms with Crippen LogP contribution in [0.5, 0.6) is 0 Å². The van der Waals surface area contributed by atoms with E-state index in [-0.39, 0.29) is 11.4 Å². The van der Waals surface area contributed by atoms with E-state index in [0.717, 1.165) is 25.9 Å². The van der Waals surface area contributed by atoms with Gasteiger partial charge in [-0.25, -0.2) is 0 Å². The summed E-state index contributed by atoms with van der Waals surface area (Å²) in [5.41, 5.74) is -0.168. The summed E-state index contributed by atoms with van der Waals surface area (Å²) in [5.74, 6) is 0.725. The normalized spacial score (nSPS) is 37.5. The number of hydrogen-bond acceptors (Lipinski definition) is 3. The van der Waals surface area contributed by atoms with E-state index in [4.69, 9.17) is 4.74 Å². The standard InChI is InChI=1S/C10H17NO2/c1-2-13-9(12)10-4-3-8(5-10)6-11-7-10/h8,11H,2-7H2,1H3. The largest absolute Gasteiger partial charge is 0.466 e. The van der Waals surface area contributed by atoms with Crippen molar-refractivity contribution in [3.05, 3.63) is 0 Å². The molecule has 0 amide bonds. The van der Waals surface area contributed by atoms with E-state index in [1.165, 1.54) is 6.42 Å². The summed E-state index contributed by atoms with van der Waals surface area (Å²) in [4.78, 5) is 11.7. The number of nitrogens with one attached hydrogen (secondary N) is 1. The molecule has 2 rings (SSSR count). The van der Waals surface area contributed by atoms with Crippen LogP contribution in [-0.2, 0) is 9.53 Å². The molecule has 1 aliphatic carbocycles. The topological polar surface area (TPSA) is 38.3 Å². The van der Waals surface area contributed by atoms with Crippen LogP contribution >= 0.6 is 0 Å². The van der Waals surface area contributed by atoms with E-state index in [1.54, 1.807) is 0 Å². The zero-order valence-electron chi connectivity index (χ0n) is 8.14. The Labute approximate surface area is 78.8 Å². The zero-order valence-corrected chi connectivity index (χ0v) is 8.14. The Bertz CT molecular complexity index is 213. The molecule has 1 saturated carbocycles. The molecule has 1 N–H and O–H groups in total. The van der Waals surface area contributed by atoms with Crippen molar-refractivity contribution in [3.8, 4) is 0 Å². The molecule has 2 fully saturated rings. The van der Waals surface area contributed by atoms with Crippen LogP contribution in [0.3, 0.4) is 0 Å². The van der Waals surface area contributed by atoms with Crippen LogP contribution in [0.4, 0.5) is 0 Å². The van der Waals surface area contributed by atoms with Gasteiger partial charge in [-0.1, -0.05) is 0 Å². The maximum absolute atomic E-state index is 11.7. The van der Waals surface area contributed by atoms with Crippen molar-refractivity contribution in [1.29, 1.82) is 0 Å². The molecule has 0 aromatic rings. The molecule has 0 aromatic heterocycles. The fraction of sp³-hybridized carbons (Fsp3) is 0.900. The van der Waals surface area contributed by atoms with Gasteiger partial charge in [0, 0.05) is 6.54 Å². The summed E-state index contributed by atoms with van der Waals surface area (Å²) < 4.78 is 5.12. The second kappa shape index (κ2) is 3.29. The van der Waals surface area contributed by atoms with Gasteiger partial charge in [0.05, 0.1) is 12.0 Å². The summed E-state index contributed by atoms with van der Waals surface area (Å²) in [6, 6.07) is 0. The summed E-state index contributed by atoms with van der Waals surface area (Å²) in [5, 5.41) is 3.33. The molecule has 1 heterocycles. The molecule has 2 aliphatic rings. The number of ether oxygens (including phenoxy) is 1. The summed E-state index contributed by atoms with van der Waals surface area (Å²) >= 11 is 0. The molecule has 0 aromatic carbocycles. The van der Waals surface area contributed by atoms with E-state index in [9.17, 15) is 4.79 Å². The lowest BCUT2D eigenvalue weighted by atomic mass is 9.83. The first kappa shape index (κ1) is 9.00. The van der Waals surface area contributed by atoms with Crippen LogP contribution in [0.25, 0.3) is 0 Å². The minimum Gasteiger partial charge on any atom is -0.466 e. The molecule has 1 saturated heterocycles. The van der Waals surface area contributed by atoms with E-state index in [1.807, 2.05) is 6.92 Å². The minimum absolute atomic E-state index is 0.0182. The minimum atomic E-state index is -0.168. The first-order valence-corrected chi connectivity index (χ1v) is 5.15. The van der Waals surface area contributed by atoms with Crippen molar-refractivity contribution in [3.63, 3.8) is 0 Å². The van der Waals surface area contributed by atoms with Crippen LogP contribution in [-0.4, -0.2) is 25.7 Å². The Morgan fingerprint density at radius 3 is 3.31 bits per heavy atom. The lowest BCUT2D eigenvalue weighted by Gasteiger charge is -2.31. The van der Waals surface area contributed by atoms with Gasteiger partial charge in [-0.2, -0.15) is 0 Å². The van der Waals surface area contributed by atoms with Crippen molar-refractivity contribution in [2.45, 2.75) is 26.2 Å². The fourth-order valence-corrected chi connectivity index (χ4v) is 2.63. The van der Waals surface area contributed by atoms with Gasteiger partial charge in [0.1, 0.15) is 0 Å². The summed E-state index contributed by atoms with van der Waals surface area (Å²) in [6.45, 7) is 4.28. The zero-order chi connectivity index (χ0) is 9.31. The highest BCUT2D eigenvalue weighted by atomic mass is 16.5. The van der Waals surface area contributed by atoms with E-state index < -0.39 is 0 Å². The summed E-state index contributed by atoms with van der Waals surface area (Å²) in [7, 11) is 0. The molecular weight excluding hydrogens is 166 g/mol. The molecule has 2 bridgehead atoms. The molecule has 3 nitrogen and oxygen atoms in total. The third-order valence-electron chi connectivity index (χ3n) is 3.32. The van der Waals surface area contributed by atoms with E-state index in [2.05, 4.69) is 5.32 Å². The number of esters is 1. The lowest BCUT2D eigenvalue weighted by Crippen LogP contribution is -2.45. The maximum Gasteiger partial charge on any atom is 0.313 e. The molecule has 2 atom stereocenters. The third-order valence-corrected chi connectivity index (χ3v) is 3.32. The number of carbonyl (C=O) groups excluding carboxylic acids is 1. The molecule has 74 valence electrons. The monoisotopic (exact) mass is 183 g/mol. The Balaban J connectivity index is 2.06. The highest BCUT2D eigenvalue weighted by Gasteiger charge is 2.48. The van der Waals surface area contributed by atoms with Crippen LogP contribution < -0.4 is 5.32 Å². The Morgan fingerprint density at radius 2 is 2.54 bits per heavy atom. The molecular formula is C10H17NO2. The predicted molar refractivity (Wildman–Crippen MR) is 49.3 cm³/mol. The summed E-state index contributed by atoms with van der Waals surface area (Å²) in [6.07, 6.45) is 3.24. The highest BCUT2D eigenvalue weighted by Crippen LogP contribution is 2.44. The smallest absolute Gasteiger partial charge is 0.313 e. The highest BCUT2D eigenvalue weighted by molar-refractivity contribution is 5.77. The average Bonchev–Trinajstić information content (AvgIpc) is 2.44. The van der Waals surface area contributed by atoms with Gasteiger partial charge in [0.25, 0.3) is 0 Å². The fourth-order valence-electron chi connectivity index (χ4n) is 2.63. The second-order valence-corrected chi connectivity index (χ2v) is 4.24. The van der Waals surface area contributed by atoms with Crippen LogP contribution in [0.1, 0.15) is 26.2 Å². The number of rotatable bonds is 2. The maximum atomic E-state index is 11.7. The van der Waals surface area contributed by atoms with Crippen molar-refractivity contribution < 1.29 is 9.53 Å². The van der Waals surface area contributed by atoms with Gasteiger partial charge in [-0.3, -0.25) is 4.79 Å². The van der Waals surface area contributed by atoms with Gasteiger partial charge in [0.2, 0.25) is 0 Å². The number of carbonyl (C=O) groups is 1. The van der Waals surface area contributed by atoms with Gasteiger partial charge >= 0.3 is 5.97 Å². The van der Waals surface area contributed by atoms with Gasteiger partial charge in [0.15, 0.2) is 0 Å². The van der Waals surface area contributed by atoms with Gasteiger partial charge in [-0.15, -0.1) is 0 Å².